The summed E-state index contributed by atoms with van der Waals surface area (Å²) in [5, 5.41) is 8.75. The van der Waals surface area contributed by atoms with E-state index in [0.717, 1.165) is 0 Å². The van der Waals surface area contributed by atoms with Crippen LogP contribution in [0, 0.1) is 0 Å². The predicted octanol–water partition coefficient (Wildman–Crippen LogP) is 2.08. The Labute approximate surface area is 87.4 Å². The first kappa shape index (κ1) is 12.8. The summed E-state index contributed by atoms with van der Waals surface area (Å²) < 4.78 is 61.8. The third kappa shape index (κ3) is 1.98. The average Bonchev–Trinajstić information content (AvgIpc) is 2.47. The van der Waals surface area contributed by atoms with E-state index >= 15 is 0 Å². The van der Waals surface area contributed by atoms with Gasteiger partial charge in [0, 0.05) is 5.41 Å². The minimum absolute atomic E-state index is 0.493. The molecule has 1 aromatic heterocycles. The predicted molar refractivity (Wildman–Crippen MR) is 42.8 cm³/mol. The van der Waals surface area contributed by atoms with E-state index in [9.17, 15) is 22.0 Å². The highest BCUT2D eigenvalue weighted by molar-refractivity contribution is 5.01. The highest BCUT2D eigenvalue weighted by Crippen LogP contribution is 2.40. The maximum absolute atomic E-state index is 13.0. The lowest BCUT2D eigenvalue weighted by Crippen LogP contribution is -2.43. The van der Waals surface area contributed by atoms with Gasteiger partial charge in [0.05, 0.1) is 0 Å². The number of halogens is 5. The topological polar surface area (TPSA) is 43.6 Å². The Kier molecular flexibility index (Phi) is 2.68. The number of nitrogens with zero attached hydrogens (tertiary/aromatic N) is 4. The Morgan fingerprint density at radius 1 is 1.00 bits per heavy atom. The number of tetrazole rings is 1. The molecular weight excluding hydrogens is 235 g/mol. The lowest BCUT2D eigenvalue weighted by Gasteiger charge is -2.24. The fourth-order valence-corrected chi connectivity index (χ4v) is 0.964. The molecule has 0 amide bonds. The number of hydrogen-bond acceptors (Lipinski definition) is 3. The molecule has 0 spiro atoms. The summed E-state index contributed by atoms with van der Waals surface area (Å²) in [5.41, 5.74) is -1.02. The summed E-state index contributed by atoms with van der Waals surface area (Å²) in [4.78, 5) is 0. The van der Waals surface area contributed by atoms with Crippen molar-refractivity contribution in [2.75, 3.05) is 0 Å². The molecule has 1 aromatic rings. The van der Waals surface area contributed by atoms with Crippen LogP contribution in [-0.2, 0) is 11.5 Å². The number of rotatable bonds is 1. The van der Waals surface area contributed by atoms with Crippen molar-refractivity contribution in [3.05, 3.63) is 5.82 Å². The molecular formula is C7H9F5N4. The van der Waals surface area contributed by atoms with Crippen molar-refractivity contribution < 1.29 is 22.0 Å². The fourth-order valence-electron chi connectivity index (χ4n) is 0.964. The highest BCUT2D eigenvalue weighted by atomic mass is 19.4. The van der Waals surface area contributed by atoms with Crippen LogP contribution in [0.3, 0.4) is 0 Å². The Balaban J connectivity index is 3.31. The first-order valence-corrected chi connectivity index (χ1v) is 4.22. The van der Waals surface area contributed by atoms with E-state index in [-0.39, 0.29) is 0 Å². The fraction of sp³-hybridized carbons (Fsp3) is 0.857. The standard InChI is InChI=1S/C7H9F5N4/c1-5(2,3)4-13-14-15-16(4)7(11,12)6(8,9)10/h1-3H3. The molecule has 1 rings (SSSR count). The molecule has 0 radical (unpaired) electrons. The molecule has 0 fully saturated rings. The van der Waals surface area contributed by atoms with Gasteiger partial charge in [-0.15, -0.1) is 5.10 Å². The zero-order valence-corrected chi connectivity index (χ0v) is 8.68. The molecule has 0 aromatic carbocycles. The summed E-state index contributed by atoms with van der Waals surface area (Å²) in [5.74, 6) is -0.533. The van der Waals surface area contributed by atoms with E-state index < -0.39 is 28.1 Å². The lowest BCUT2D eigenvalue weighted by atomic mass is 9.96. The van der Waals surface area contributed by atoms with Crippen LogP contribution in [0.1, 0.15) is 26.6 Å². The highest BCUT2D eigenvalue weighted by Gasteiger charge is 2.62. The maximum atomic E-state index is 13.0. The van der Waals surface area contributed by atoms with Crippen LogP contribution in [0.5, 0.6) is 0 Å². The molecule has 0 unspecified atom stereocenters. The summed E-state index contributed by atoms with van der Waals surface area (Å²) in [6.45, 7) is 4.30. The van der Waals surface area contributed by atoms with Gasteiger partial charge in [-0.25, -0.2) is 0 Å². The second-order valence-electron chi connectivity index (χ2n) is 4.20. The van der Waals surface area contributed by atoms with E-state index in [1.807, 2.05) is 0 Å². The molecule has 0 aliphatic heterocycles. The molecule has 0 N–H and O–H groups in total. The minimum atomic E-state index is -5.73. The van der Waals surface area contributed by atoms with Crippen LogP contribution in [0.4, 0.5) is 22.0 Å². The monoisotopic (exact) mass is 244 g/mol. The molecule has 0 bridgehead atoms. The van der Waals surface area contributed by atoms with Gasteiger partial charge in [0.15, 0.2) is 5.82 Å². The second-order valence-corrected chi connectivity index (χ2v) is 4.20. The van der Waals surface area contributed by atoms with E-state index in [1.54, 1.807) is 0 Å². The largest absolute Gasteiger partial charge is 0.477 e. The Bertz CT molecular complexity index is 375. The molecule has 1 heterocycles. The molecule has 4 nitrogen and oxygen atoms in total. The lowest BCUT2D eigenvalue weighted by molar-refractivity contribution is -0.329. The van der Waals surface area contributed by atoms with Crippen molar-refractivity contribution in [2.45, 2.75) is 38.4 Å². The van der Waals surface area contributed by atoms with Gasteiger partial charge in [0.2, 0.25) is 0 Å². The Morgan fingerprint density at radius 2 is 1.50 bits per heavy atom. The van der Waals surface area contributed by atoms with Gasteiger partial charge in [-0.2, -0.15) is 26.6 Å². The average molecular weight is 244 g/mol. The first-order chi connectivity index (χ1) is 6.98. The van der Waals surface area contributed by atoms with E-state index in [4.69, 9.17) is 0 Å². The van der Waals surface area contributed by atoms with Crippen molar-refractivity contribution in [1.29, 1.82) is 0 Å². The quantitative estimate of drug-likeness (QED) is 0.710. The van der Waals surface area contributed by atoms with Crippen molar-refractivity contribution in [2.24, 2.45) is 0 Å². The van der Waals surface area contributed by atoms with Crippen LogP contribution in [0.2, 0.25) is 0 Å². The number of alkyl halides is 5. The molecule has 0 aliphatic carbocycles. The van der Waals surface area contributed by atoms with Crippen LogP contribution in [0.15, 0.2) is 0 Å². The van der Waals surface area contributed by atoms with Gasteiger partial charge in [0.1, 0.15) is 0 Å². The van der Waals surface area contributed by atoms with Crippen LogP contribution in [-0.4, -0.2) is 26.4 Å². The van der Waals surface area contributed by atoms with Gasteiger partial charge in [0.25, 0.3) is 0 Å². The molecule has 0 atom stereocenters. The van der Waals surface area contributed by atoms with Gasteiger partial charge in [-0.05, 0) is 10.4 Å². The van der Waals surface area contributed by atoms with E-state index in [2.05, 4.69) is 15.5 Å². The third-order valence-corrected chi connectivity index (χ3v) is 1.75. The van der Waals surface area contributed by atoms with Gasteiger partial charge < -0.3 is 0 Å². The van der Waals surface area contributed by atoms with Crippen molar-refractivity contribution in [1.82, 2.24) is 20.2 Å². The van der Waals surface area contributed by atoms with E-state index in [1.165, 1.54) is 20.8 Å². The van der Waals surface area contributed by atoms with Gasteiger partial charge in [-0.3, -0.25) is 0 Å². The SMILES string of the molecule is CC(C)(C)c1nnnn1C(F)(F)C(F)(F)F. The summed E-state index contributed by atoms with van der Waals surface area (Å²) in [7, 11) is 0. The summed E-state index contributed by atoms with van der Waals surface area (Å²) >= 11 is 0. The van der Waals surface area contributed by atoms with E-state index in [0.29, 0.717) is 0 Å². The van der Waals surface area contributed by atoms with Crippen LogP contribution in [0.25, 0.3) is 0 Å². The smallest absolute Gasteiger partial charge is 0.170 e. The zero-order valence-electron chi connectivity index (χ0n) is 8.68. The molecule has 9 heteroatoms. The molecule has 0 aliphatic rings. The Hall–Kier alpha value is -1.28. The number of aromatic nitrogens is 4. The molecule has 0 saturated carbocycles. The normalized spacial score (nSPS) is 14.2. The molecule has 16 heavy (non-hydrogen) atoms. The molecule has 92 valence electrons. The van der Waals surface area contributed by atoms with Gasteiger partial charge >= 0.3 is 12.2 Å². The van der Waals surface area contributed by atoms with Crippen molar-refractivity contribution in [3.63, 3.8) is 0 Å². The zero-order chi connectivity index (χ0) is 12.8. The van der Waals surface area contributed by atoms with Crippen molar-refractivity contribution >= 4 is 0 Å². The Morgan fingerprint density at radius 3 is 1.88 bits per heavy atom. The number of hydrogen-bond donors (Lipinski definition) is 0. The third-order valence-electron chi connectivity index (χ3n) is 1.75. The minimum Gasteiger partial charge on any atom is -0.170 e. The maximum Gasteiger partial charge on any atom is 0.477 e. The first-order valence-electron chi connectivity index (χ1n) is 4.22. The van der Waals surface area contributed by atoms with Crippen LogP contribution < -0.4 is 0 Å². The molecule has 0 saturated heterocycles. The van der Waals surface area contributed by atoms with Crippen molar-refractivity contribution in [3.8, 4) is 0 Å². The van der Waals surface area contributed by atoms with Gasteiger partial charge in [-0.1, -0.05) is 20.8 Å². The second kappa shape index (κ2) is 3.36. The van der Waals surface area contributed by atoms with Crippen LogP contribution >= 0.6 is 0 Å². The summed E-state index contributed by atoms with van der Waals surface area (Å²) in [6.07, 6.45) is -5.73. The summed E-state index contributed by atoms with van der Waals surface area (Å²) in [6, 6.07) is -5.11.